The Morgan fingerprint density at radius 1 is 1.25 bits per heavy atom. The molecule has 1 aromatic rings. The lowest BCUT2D eigenvalue weighted by Gasteiger charge is -2.13. The topological polar surface area (TPSA) is 73.5 Å². The van der Waals surface area contributed by atoms with Gasteiger partial charge in [-0.1, -0.05) is 12.1 Å². The first-order valence-corrected chi connectivity index (χ1v) is 6.51. The van der Waals surface area contributed by atoms with Gasteiger partial charge in [0.2, 0.25) is 5.91 Å². The van der Waals surface area contributed by atoms with E-state index in [1.165, 1.54) is 4.90 Å². The van der Waals surface area contributed by atoms with E-state index in [1.807, 2.05) is 31.3 Å². The Kier molecular flexibility index (Phi) is 6.52. The molecule has 0 saturated carbocycles. The number of urea groups is 1. The third-order valence-electron chi connectivity index (χ3n) is 2.68. The molecule has 0 aliphatic heterocycles. The minimum Gasteiger partial charge on any atom is -0.352 e. The van der Waals surface area contributed by atoms with E-state index in [0.717, 1.165) is 5.56 Å². The lowest BCUT2D eigenvalue weighted by molar-refractivity contribution is -0.121. The normalized spacial score (nSPS) is 9.95. The Morgan fingerprint density at radius 2 is 2.00 bits per heavy atom. The molecule has 0 unspecified atom stereocenters. The average Bonchev–Trinajstić information content (AvgIpc) is 2.43. The minimum absolute atomic E-state index is 0.00193. The van der Waals surface area contributed by atoms with Crippen molar-refractivity contribution in [2.75, 3.05) is 33.0 Å². The molecule has 0 saturated heterocycles. The Hall–Kier alpha value is -2.08. The maximum atomic E-state index is 11.5. The van der Waals surface area contributed by atoms with Crippen molar-refractivity contribution in [1.82, 2.24) is 15.5 Å². The van der Waals surface area contributed by atoms with Crippen LogP contribution in [0.5, 0.6) is 0 Å². The summed E-state index contributed by atoms with van der Waals surface area (Å²) >= 11 is 0. The number of amides is 3. The summed E-state index contributed by atoms with van der Waals surface area (Å²) in [7, 11) is 5.17. The first kappa shape index (κ1) is 16.0. The first-order valence-electron chi connectivity index (χ1n) is 6.51. The molecule has 3 N–H and O–H groups in total. The molecule has 1 aromatic carbocycles. The maximum Gasteiger partial charge on any atom is 0.321 e. The summed E-state index contributed by atoms with van der Waals surface area (Å²) in [5, 5.41) is 8.53. The highest BCUT2D eigenvalue weighted by Crippen LogP contribution is 2.11. The Balaban J connectivity index is 2.51. The zero-order valence-electron chi connectivity index (χ0n) is 12.2. The van der Waals surface area contributed by atoms with Crippen LogP contribution in [0.25, 0.3) is 0 Å². The molecule has 6 nitrogen and oxygen atoms in total. The van der Waals surface area contributed by atoms with Crippen molar-refractivity contribution < 1.29 is 9.59 Å². The summed E-state index contributed by atoms with van der Waals surface area (Å²) in [6.07, 6.45) is 0.452. The second-order valence-electron chi connectivity index (χ2n) is 4.66. The standard InChI is InChI=1S/C14H22N4O2/c1-15-8-7-13(19)16-10-11-5-4-6-12(9-11)17-14(20)18(2)3/h4-6,9,15H,7-8,10H2,1-3H3,(H,16,19)(H,17,20). The molecule has 110 valence electrons. The predicted octanol–water partition coefficient (Wildman–Crippen LogP) is 1.01. The van der Waals surface area contributed by atoms with Gasteiger partial charge in [-0.2, -0.15) is 0 Å². The van der Waals surface area contributed by atoms with E-state index >= 15 is 0 Å². The van der Waals surface area contributed by atoms with Crippen LogP contribution in [0, 0.1) is 0 Å². The van der Waals surface area contributed by atoms with Crippen LogP contribution in [0.15, 0.2) is 24.3 Å². The van der Waals surface area contributed by atoms with Crippen LogP contribution in [0.2, 0.25) is 0 Å². The van der Waals surface area contributed by atoms with Crippen LogP contribution in [-0.4, -0.2) is 44.5 Å². The number of carbonyl (C=O) groups is 2. The number of nitrogens with zero attached hydrogens (tertiary/aromatic N) is 1. The lowest BCUT2D eigenvalue weighted by atomic mass is 10.2. The molecule has 0 atom stereocenters. The van der Waals surface area contributed by atoms with Gasteiger partial charge in [-0.15, -0.1) is 0 Å². The fraction of sp³-hybridized carbons (Fsp3) is 0.429. The van der Waals surface area contributed by atoms with Crippen molar-refractivity contribution in [2.45, 2.75) is 13.0 Å². The van der Waals surface area contributed by atoms with E-state index in [4.69, 9.17) is 0 Å². The van der Waals surface area contributed by atoms with E-state index < -0.39 is 0 Å². The van der Waals surface area contributed by atoms with Crippen molar-refractivity contribution in [2.24, 2.45) is 0 Å². The fourth-order valence-corrected chi connectivity index (χ4v) is 1.52. The highest BCUT2D eigenvalue weighted by atomic mass is 16.2. The lowest BCUT2D eigenvalue weighted by Crippen LogP contribution is -2.27. The third-order valence-corrected chi connectivity index (χ3v) is 2.68. The number of carbonyl (C=O) groups excluding carboxylic acids is 2. The zero-order chi connectivity index (χ0) is 15.0. The average molecular weight is 278 g/mol. The Morgan fingerprint density at radius 3 is 2.65 bits per heavy atom. The van der Waals surface area contributed by atoms with Crippen molar-refractivity contribution in [3.05, 3.63) is 29.8 Å². The molecule has 0 aliphatic rings. The molecule has 1 rings (SSSR count). The van der Waals surface area contributed by atoms with Crippen LogP contribution < -0.4 is 16.0 Å². The number of hydrogen-bond donors (Lipinski definition) is 3. The third kappa shape index (κ3) is 5.71. The fourth-order valence-electron chi connectivity index (χ4n) is 1.52. The quantitative estimate of drug-likeness (QED) is 0.727. The second kappa shape index (κ2) is 8.16. The molecule has 6 heteroatoms. The highest BCUT2D eigenvalue weighted by molar-refractivity contribution is 5.89. The van der Waals surface area contributed by atoms with Gasteiger partial charge in [0.05, 0.1) is 0 Å². The zero-order valence-corrected chi connectivity index (χ0v) is 12.2. The summed E-state index contributed by atoms with van der Waals surface area (Å²) in [4.78, 5) is 24.5. The van der Waals surface area contributed by atoms with Crippen LogP contribution in [0.4, 0.5) is 10.5 Å². The molecule has 0 aromatic heterocycles. The Labute approximate surface area is 119 Å². The van der Waals surface area contributed by atoms with Crippen molar-refractivity contribution in [3.63, 3.8) is 0 Å². The van der Waals surface area contributed by atoms with E-state index in [9.17, 15) is 9.59 Å². The van der Waals surface area contributed by atoms with Gasteiger partial charge in [0.15, 0.2) is 0 Å². The number of nitrogens with one attached hydrogen (secondary N) is 3. The Bertz CT molecular complexity index is 460. The van der Waals surface area contributed by atoms with Crippen LogP contribution in [-0.2, 0) is 11.3 Å². The van der Waals surface area contributed by atoms with Gasteiger partial charge in [-0.3, -0.25) is 4.79 Å². The highest BCUT2D eigenvalue weighted by Gasteiger charge is 2.05. The summed E-state index contributed by atoms with van der Waals surface area (Å²) in [6, 6.07) is 7.23. The van der Waals surface area contributed by atoms with Crippen LogP contribution >= 0.6 is 0 Å². The van der Waals surface area contributed by atoms with E-state index in [-0.39, 0.29) is 11.9 Å². The molecule has 0 fully saturated rings. The second-order valence-corrected chi connectivity index (χ2v) is 4.66. The molecule has 0 heterocycles. The molecular formula is C14H22N4O2. The molecule has 0 spiro atoms. The van der Waals surface area contributed by atoms with Crippen LogP contribution in [0.1, 0.15) is 12.0 Å². The maximum absolute atomic E-state index is 11.5. The SMILES string of the molecule is CNCCC(=O)NCc1cccc(NC(=O)N(C)C)c1. The van der Waals surface area contributed by atoms with E-state index in [2.05, 4.69) is 16.0 Å². The van der Waals surface area contributed by atoms with Gasteiger partial charge >= 0.3 is 6.03 Å². The predicted molar refractivity (Wildman–Crippen MR) is 79.5 cm³/mol. The number of benzene rings is 1. The monoisotopic (exact) mass is 278 g/mol. The molecule has 0 bridgehead atoms. The van der Waals surface area contributed by atoms with Crippen molar-refractivity contribution in [3.8, 4) is 0 Å². The smallest absolute Gasteiger partial charge is 0.321 e. The van der Waals surface area contributed by atoms with E-state index in [1.54, 1.807) is 14.1 Å². The summed E-state index contributed by atoms with van der Waals surface area (Å²) in [5.74, 6) is 0.00193. The largest absolute Gasteiger partial charge is 0.352 e. The van der Waals surface area contributed by atoms with Gasteiger partial charge in [0, 0.05) is 39.3 Å². The minimum atomic E-state index is -0.180. The summed E-state index contributed by atoms with van der Waals surface area (Å²) < 4.78 is 0. The molecular weight excluding hydrogens is 256 g/mol. The molecule has 20 heavy (non-hydrogen) atoms. The van der Waals surface area contributed by atoms with Crippen molar-refractivity contribution in [1.29, 1.82) is 0 Å². The molecule has 0 radical (unpaired) electrons. The van der Waals surface area contributed by atoms with Gasteiger partial charge < -0.3 is 20.9 Å². The van der Waals surface area contributed by atoms with Crippen molar-refractivity contribution >= 4 is 17.6 Å². The number of hydrogen-bond acceptors (Lipinski definition) is 3. The van der Waals surface area contributed by atoms with Crippen LogP contribution in [0.3, 0.4) is 0 Å². The van der Waals surface area contributed by atoms with Gasteiger partial charge in [0.1, 0.15) is 0 Å². The van der Waals surface area contributed by atoms with Gasteiger partial charge in [0.25, 0.3) is 0 Å². The van der Waals surface area contributed by atoms with Gasteiger partial charge in [-0.05, 0) is 24.7 Å². The molecule has 3 amide bonds. The summed E-state index contributed by atoms with van der Waals surface area (Å²) in [6.45, 7) is 1.11. The summed E-state index contributed by atoms with van der Waals surface area (Å²) in [5.41, 5.74) is 1.66. The number of rotatable bonds is 6. The first-order chi connectivity index (χ1) is 9.52. The molecule has 0 aliphatic carbocycles. The van der Waals surface area contributed by atoms with Gasteiger partial charge in [-0.25, -0.2) is 4.79 Å². The number of anilines is 1. The van der Waals surface area contributed by atoms with E-state index in [0.29, 0.717) is 25.2 Å².